The number of ether oxygens (including phenoxy) is 3. The highest BCUT2D eigenvalue weighted by Crippen LogP contribution is 2.42. The Kier molecular flexibility index (Phi) is 6.46. The first-order valence-electron chi connectivity index (χ1n) is 10.2. The summed E-state index contributed by atoms with van der Waals surface area (Å²) in [5, 5.41) is 13.8. The van der Waals surface area contributed by atoms with Crippen molar-refractivity contribution >= 4 is 27.5 Å². The predicted octanol–water partition coefficient (Wildman–Crippen LogP) is 5.40. The van der Waals surface area contributed by atoms with Crippen molar-refractivity contribution in [3.63, 3.8) is 0 Å². The highest BCUT2D eigenvalue weighted by atomic mass is 16.5. The first kappa shape index (κ1) is 20.8. The van der Waals surface area contributed by atoms with Gasteiger partial charge in [-0.25, -0.2) is 4.79 Å². The van der Waals surface area contributed by atoms with Gasteiger partial charge in [0.15, 0.2) is 0 Å². The van der Waals surface area contributed by atoms with Crippen molar-refractivity contribution in [1.29, 1.82) is 0 Å². The van der Waals surface area contributed by atoms with Crippen molar-refractivity contribution in [2.45, 2.75) is 0 Å². The van der Waals surface area contributed by atoms with Crippen molar-refractivity contribution < 1.29 is 24.1 Å². The maximum absolute atomic E-state index is 12.2. The quantitative estimate of drug-likeness (QED) is 0.370. The molecule has 0 bridgehead atoms. The van der Waals surface area contributed by atoms with Gasteiger partial charge in [-0.3, -0.25) is 0 Å². The van der Waals surface area contributed by atoms with E-state index in [1.54, 1.807) is 13.2 Å². The molecular weight excluding hydrogens is 392 g/mol. The number of methoxy groups -OCH3 is 1. The molecule has 0 aromatic heterocycles. The van der Waals surface area contributed by atoms with E-state index in [1.165, 1.54) is 0 Å². The molecule has 158 valence electrons. The normalized spacial score (nSPS) is 11.1. The van der Waals surface area contributed by atoms with Crippen LogP contribution in [-0.2, 0) is 9.47 Å². The lowest BCUT2D eigenvalue weighted by Gasteiger charge is -2.18. The van der Waals surface area contributed by atoms with E-state index in [-0.39, 0.29) is 5.56 Å². The van der Waals surface area contributed by atoms with Crippen LogP contribution in [0.15, 0.2) is 72.8 Å². The lowest BCUT2D eigenvalue weighted by Crippen LogP contribution is -2.11. The minimum atomic E-state index is -0.970. The monoisotopic (exact) mass is 416 g/mol. The fourth-order valence-corrected chi connectivity index (χ4v) is 3.80. The van der Waals surface area contributed by atoms with E-state index in [9.17, 15) is 9.90 Å². The summed E-state index contributed by atoms with van der Waals surface area (Å²) in [5.41, 5.74) is 1.69. The van der Waals surface area contributed by atoms with Gasteiger partial charge in [-0.15, -0.1) is 0 Å². The second kappa shape index (κ2) is 9.60. The van der Waals surface area contributed by atoms with Crippen molar-refractivity contribution in [1.82, 2.24) is 0 Å². The smallest absolute Gasteiger partial charge is 0.336 e. The maximum atomic E-state index is 12.2. The molecular formula is C26H24O5. The van der Waals surface area contributed by atoms with E-state index in [2.05, 4.69) is 0 Å². The molecule has 5 nitrogen and oxygen atoms in total. The van der Waals surface area contributed by atoms with Crippen LogP contribution in [0.5, 0.6) is 5.75 Å². The Labute approximate surface area is 180 Å². The summed E-state index contributed by atoms with van der Waals surface area (Å²) < 4.78 is 16.6. The van der Waals surface area contributed by atoms with E-state index < -0.39 is 5.97 Å². The Hall–Kier alpha value is -3.41. The van der Waals surface area contributed by atoms with Gasteiger partial charge in [0, 0.05) is 18.2 Å². The van der Waals surface area contributed by atoms with Crippen LogP contribution in [0.3, 0.4) is 0 Å². The molecule has 4 aromatic carbocycles. The summed E-state index contributed by atoms with van der Waals surface area (Å²) >= 11 is 0. The molecule has 5 heteroatoms. The molecule has 0 radical (unpaired) electrons. The summed E-state index contributed by atoms with van der Waals surface area (Å²) in [6.45, 7) is 1.79. The van der Waals surface area contributed by atoms with E-state index in [0.29, 0.717) is 37.7 Å². The van der Waals surface area contributed by atoms with Crippen LogP contribution in [0.25, 0.3) is 32.7 Å². The van der Waals surface area contributed by atoms with Crippen LogP contribution in [0.2, 0.25) is 0 Å². The molecule has 31 heavy (non-hydrogen) atoms. The molecule has 0 saturated carbocycles. The number of carboxylic acids is 1. The number of fused-ring (bicyclic) bond motifs is 2. The number of hydrogen-bond donors (Lipinski definition) is 1. The number of hydrogen-bond acceptors (Lipinski definition) is 4. The Balaban J connectivity index is 1.86. The summed E-state index contributed by atoms with van der Waals surface area (Å²) in [5.74, 6) is -0.338. The molecule has 0 fully saturated rings. The lowest BCUT2D eigenvalue weighted by molar-refractivity contribution is 0.0545. The molecule has 1 N–H and O–H groups in total. The van der Waals surface area contributed by atoms with Gasteiger partial charge in [0.25, 0.3) is 0 Å². The van der Waals surface area contributed by atoms with Crippen molar-refractivity contribution in [2.75, 3.05) is 33.5 Å². The average molecular weight is 416 g/mol. The molecule has 0 saturated heterocycles. The van der Waals surface area contributed by atoms with Gasteiger partial charge in [-0.05, 0) is 33.7 Å². The zero-order chi connectivity index (χ0) is 21.6. The summed E-state index contributed by atoms with van der Waals surface area (Å²) in [7, 11) is 1.63. The number of aromatic carboxylic acids is 1. The molecule has 4 aromatic rings. The van der Waals surface area contributed by atoms with Gasteiger partial charge in [-0.1, -0.05) is 60.7 Å². The fraction of sp³-hybridized carbons (Fsp3) is 0.192. The molecule has 0 unspecified atom stereocenters. The zero-order valence-electron chi connectivity index (χ0n) is 17.3. The van der Waals surface area contributed by atoms with E-state index in [4.69, 9.17) is 14.2 Å². The van der Waals surface area contributed by atoms with Gasteiger partial charge < -0.3 is 19.3 Å². The van der Waals surface area contributed by atoms with Crippen LogP contribution in [0.1, 0.15) is 10.4 Å². The highest BCUT2D eigenvalue weighted by Gasteiger charge is 2.21. The average Bonchev–Trinajstić information content (AvgIpc) is 2.80. The Morgan fingerprint density at radius 1 is 0.742 bits per heavy atom. The molecule has 0 aliphatic carbocycles. The number of benzene rings is 4. The molecule has 0 aliphatic rings. The number of carbonyl (C=O) groups is 1. The van der Waals surface area contributed by atoms with E-state index in [0.717, 1.165) is 27.1 Å². The van der Waals surface area contributed by atoms with Crippen LogP contribution >= 0.6 is 0 Å². The Morgan fingerprint density at radius 3 is 2.03 bits per heavy atom. The highest BCUT2D eigenvalue weighted by molar-refractivity contribution is 6.14. The first-order valence-corrected chi connectivity index (χ1v) is 10.2. The zero-order valence-corrected chi connectivity index (χ0v) is 17.3. The van der Waals surface area contributed by atoms with Crippen molar-refractivity contribution in [3.05, 3.63) is 78.4 Å². The third kappa shape index (κ3) is 4.38. The van der Waals surface area contributed by atoms with Gasteiger partial charge in [0.1, 0.15) is 12.4 Å². The third-order valence-electron chi connectivity index (χ3n) is 5.22. The van der Waals surface area contributed by atoms with Crippen LogP contribution < -0.4 is 4.74 Å². The van der Waals surface area contributed by atoms with Crippen molar-refractivity contribution in [3.8, 4) is 16.9 Å². The third-order valence-corrected chi connectivity index (χ3v) is 5.22. The molecule has 0 heterocycles. The van der Waals surface area contributed by atoms with Gasteiger partial charge in [0.05, 0.1) is 25.4 Å². The molecule has 0 spiro atoms. The lowest BCUT2D eigenvalue weighted by atomic mass is 9.89. The summed E-state index contributed by atoms with van der Waals surface area (Å²) in [6, 6.07) is 23.2. The molecule has 0 amide bonds. The van der Waals surface area contributed by atoms with Gasteiger partial charge in [-0.2, -0.15) is 0 Å². The Morgan fingerprint density at radius 2 is 1.35 bits per heavy atom. The largest absolute Gasteiger partial charge is 0.491 e. The van der Waals surface area contributed by atoms with Crippen LogP contribution in [0, 0.1) is 0 Å². The van der Waals surface area contributed by atoms with Gasteiger partial charge in [0.2, 0.25) is 0 Å². The summed E-state index contributed by atoms with van der Waals surface area (Å²) in [6.07, 6.45) is 0. The maximum Gasteiger partial charge on any atom is 0.336 e. The SMILES string of the molecule is COCCOCCOc1ccc2ccccc2c1-c1c(C(=O)O)ccc2ccccc12. The minimum absolute atomic E-state index is 0.247. The fourth-order valence-electron chi connectivity index (χ4n) is 3.80. The standard InChI is InChI=1S/C26H24O5/c1-29-14-15-30-16-17-31-23-13-11-19-7-3-5-9-21(19)25(23)24-20-8-4-2-6-18(20)10-12-22(24)26(27)28/h2-13H,14-17H2,1H3,(H,27,28). The van der Waals surface area contributed by atoms with E-state index in [1.807, 2.05) is 66.7 Å². The van der Waals surface area contributed by atoms with Crippen LogP contribution in [0.4, 0.5) is 0 Å². The topological polar surface area (TPSA) is 65.0 Å². The Bertz CT molecular complexity index is 1220. The number of carboxylic acid groups (broad SMARTS) is 1. The second-order valence-corrected chi connectivity index (χ2v) is 7.13. The molecule has 0 aliphatic heterocycles. The summed E-state index contributed by atoms with van der Waals surface area (Å²) in [4.78, 5) is 12.2. The predicted molar refractivity (Wildman–Crippen MR) is 122 cm³/mol. The minimum Gasteiger partial charge on any atom is -0.491 e. The first-order chi connectivity index (χ1) is 15.2. The van der Waals surface area contributed by atoms with Crippen molar-refractivity contribution in [2.24, 2.45) is 0 Å². The van der Waals surface area contributed by atoms with E-state index >= 15 is 0 Å². The number of rotatable bonds is 9. The second-order valence-electron chi connectivity index (χ2n) is 7.13. The molecule has 4 rings (SSSR count). The van der Waals surface area contributed by atoms with Gasteiger partial charge >= 0.3 is 5.97 Å². The van der Waals surface area contributed by atoms with Crippen LogP contribution in [-0.4, -0.2) is 44.6 Å². The molecule has 0 atom stereocenters.